The molecule has 0 aromatic carbocycles. The number of aryl methyl sites for hydroxylation is 1. The summed E-state index contributed by atoms with van der Waals surface area (Å²) in [6, 6.07) is 0. The fourth-order valence-corrected chi connectivity index (χ4v) is 3.95. The topological polar surface area (TPSA) is 29.9 Å². The van der Waals surface area contributed by atoms with Crippen molar-refractivity contribution in [2.24, 2.45) is 7.05 Å². The van der Waals surface area contributed by atoms with Crippen molar-refractivity contribution in [3.8, 4) is 0 Å². The molecule has 1 aromatic heterocycles. The van der Waals surface area contributed by atoms with Crippen LogP contribution in [-0.4, -0.2) is 30.9 Å². The Hall–Kier alpha value is -0.613. The van der Waals surface area contributed by atoms with E-state index in [0.29, 0.717) is 0 Å². The van der Waals surface area contributed by atoms with Gasteiger partial charge < -0.3 is 5.32 Å². The number of nitrogens with one attached hydrogen (secondary N) is 1. The lowest BCUT2D eigenvalue weighted by atomic mass is 10.1. The Morgan fingerprint density at radius 3 is 2.53 bits per heavy atom. The molecule has 2 rings (SSSR count). The first kappa shape index (κ1) is 10.9. The zero-order valence-corrected chi connectivity index (χ0v) is 11.2. The van der Waals surface area contributed by atoms with Crippen LogP contribution in [0.25, 0.3) is 0 Å². The Labute approximate surface area is 92.9 Å². The molecular weight excluding hydrogens is 202 g/mol. The Balaban J connectivity index is 2.49. The molecule has 3 nitrogen and oxygen atoms in total. The summed E-state index contributed by atoms with van der Waals surface area (Å²) < 4.78 is 2.11. The van der Waals surface area contributed by atoms with Gasteiger partial charge in [0.05, 0.1) is 0 Å². The number of rotatable bonds is 1. The summed E-state index contributed by atoms with van der Waals surface area (Å²) in [4.78, 5) is 0. The second kappa shape index (κ2) is 3.76. The normalized spacial score (nSPS) is 17.3. The maximum absolute atomic E-state index is 4.76. The van der Waals surface area contributed by atoms with Crippen LogP contribution in [0.15, 0.2) is 0 Å². The summed E-state index contributed by atoms with van der Waals surface area (Å²) in [5, 5.41) is 9.64. The van der Waals surface area contributed by atoms with E-state index in [9.17, 15) is 0 Å². The van der Waals surface area contributed by atoms with Gasteiger partial charge in [0.2, 0.25) is 0 Å². The number of hydrogen-bond acceptors (Lipinski definition) is 2. The molecule has 0 radical (unpaired) electrons. The van der Waals surface area contributed by atoms with Crippen LogP contribution in [0.5, 0.6) is 0 Å². The van der Waals surface area contributed by atoms with Crippen molar-refractivity contribution in [1.29, 1.82) is 0 Å². The zero-order valence-electron chi connectivity index (χ0n) is 10.2. The van der Waals surface area contributed by atoms with Gasteiger partial charge in [0.15, 0.2) is 0 Å². The quantitative estimate of drug-likeness (QED) is 0.709. The molecule has 0 bridgehead atoms. The van der Waals surface area contributed by atoms with E-state index in [1.54, 1.807) is 5.56 Å². The lowest BCUT2D eigenvalue weighted by Gasteiger charge is -2.14. The smallest absolute Gasteiger partial charge is 0.104 e. The molecule has 84 valence electrons. The monoisotopic (exact) mass is 223 g/mol. The second-order valence-electron chi connectivity index (χ2n) is 5.40. The molecule has 0 aliphatic carbocycles. The van der Waals surface area contributed by atoms with E-state index in [1.165, 1.54) is 11.0 Å². The Kier molecular flexibility index (Phi) is 2.73. The molecule has 2 heterocycles. The van der Waals surface area contributed by atoms with Gasteiger partial charge >= 0.3 is 0 Å². The van der Waals surface area contributed by atoms with E-state index in [-0.39, 0.29) is 0 Å². The van der Waals surface area contributed by atoms with Crippen molar-refractivity contribution in [1.82, 2.24) is 15.1 Å². The van der Waals surface area contributed by atoms with Crippen molar-refractivity contribution < 1.29 is 0 Å². The van der Waals surface area contributed by atoms with E-state index in [0.717, 1.165) is 25.9 Å². The maximum atomic E-state index is 4.76. The van der Waals surface area contributed by atoms with Crippen molar-refractivity contribution in [3.05, 3.63) is 11.3 Å². The van der Waals surface area contributed by atoms with Crippen molar-refractivity contribution in [2.45, 2.75) is 32.5 Å². The lowest BCUT2D eigenvalue weighted by molar-refractivity contribution is 0.669. The van der Waals surface area contributed by atoms with Gasteiger partial charge in [-0.3, -0.25) is 4.68 Å². The molecule has 0 spiro atoms. The highest BCUT2D eigenvalue weighted by Crippen LogP contribution is 2.14. The number of hydrogen-bond donors (Lipinski definition) is 1. The maximum Gasteiger partial charge on any atom is 0.104 e. The second-order valence-corrected chi connectivity index (χ2v) is 10.4. The van der Waals surface area contributed by atoms with E-state index in [4.69, 9.17) is 5.10 Å². The third kappa shape index (κ3) is 2.01. The van der Waals surface area contributed by atoms with Crippen LogP contribution in [0, 0.1) is 0 Å². The SMILES string of the molecule is Cn1nc([Si](C)(C)C)c2c1CCNCC2. The number of nitrogens with zero attached hydrogens (tertiary/aromatic N) is 2. The lowest BCUT2D eigenvalue weighted by Crippen LogP contribution is -2.41. The Morgan fingerprint density at radius 2 is 1.87 bits per heavy atom. The molecule has 0 saturated heterocycles. The molecule has 0 fully saturated rings. The van der Waals surface area contributed by atoms with E-state index >= 15 is 0 Å². The molecule has 15 heavy (non-hydrogen) atoms. The molecule has 1 aliphatic rings. The molecule has 0 unspecified atom stereocenters. The Bertz CT molecular complexity index is 363. The van der Waals surface area contributed by atoms with Gasteiger partial charge in [-0.05, 0) is 18.5 Å². The van der Waals surface area contributed by atoms with Crippen LogP contribution in [0.4, 0.5) is 0 Å². The van der Waals surface area contributed by atoms with Crippen LogP contribution in [0.1, 0.15) is 11.3 Å². The minimum Gasteiger partial charge on any atom is -0.316 e. The molecule has 1 aromatic rings. The van der Waals surface area contributed by atoms with E-state index < -0.39 is 8.07 Å². The number of fused-ring (bicyclic) bond motifs is 1. The highest BCUT2D eigenvalue weighted by atomic mass is 28.3. The summed E-state index contributed by atoms with van der Waals surface area (Å²) in [6.45, 7) is 9.35. The van der Waals surface area contributed by atoms with Crippen LogP contribution >= 0.6 is 0 Å². The number of aromatic nitrogens is 2. The van der Waals surface area contributed by atoms with E-state index in [1.807, 2.05) is 0 Å². The van der Waals surface area contributed by atoms with Crippen LogP contribution in [-0.2, 0) is 19.9 Å². The molecule has 1 aliphatic heterocycles. The minimum atomic E-state index is -1.27. The minimum absolute atomic E-state index is 1.09. The van der Waals surface area contributed by atoms with Gasteiger partial charge in [0.1, 0.15) is 8.07 Å². The summed E-state index contributed by atoms with van der Waals surface area (Å²) in [5.74, 6) is 0. The predicted molar refractivity (Wildman–Crippen MR) is 66.5 cm³/mol. The predicted octanol–water partition coefficient (Wildman–Crippen LogP) is 0.653. The first-order valence-corrected chi connectivity index (χ1v) is 9.26. The molecule has 4 heteroatoms. The summed E-state index contributed by atoms with van der Waals surface area (Å²) in [7, 11) is 0.817. The molecule has 0 atom stereocenters. The summed E-state index contributed by atoms with van der Waals surface area (Å²) in [5.41, 5.74) is 3.00. The first-order chi connectivity index (χ1) is 7.00. The van der Waals surface area contributed by atoms with Crippen molar-refractivity contribution in [3.63, 3.8) is 0 Å². The van der Waals surface area contributed by atoms with Crippen LogP contribution in [0.2, 0.25) is 19.6 Å². The molecular formula is C11H21N3Si. The summed E-state index contributed by atoms with van der Waals surface area (Å²) >= 11 is 0. The van der Waals surface area contributed by atoms with E-state index in [2.05, 4.69) is 36.7 Å². The average Bonchev–Trinajstić information content (AvgIpc) is 2.37. The summed E-state index contributed by atoms with van der Waals surface area (Å²) in [6.07, 6.45) is 2.28. The third-order valence-electron chi connectivity index (χ3n) is 3.08. The third-order valence-corrected chi connectivity index (χ3v) is 4.90. The molecule has 1 N–H and O–H groups in total. The van der Waals surface area contributed by atoms with Gasteiger partial charge in [0, 0.05) is 31.0 Å². The zero-order chi connectivity index (χ0) is 11.1. The molecule has 0 saturated carbocycles. The first-order valence-electron chi connectivity index (χ1n) is 5.76. The standard InChI is InChI=1S/C11H21N3Si/c1-14-10-6-8-12-7-5-9(10)11(13-14)15(2,3)4/h12H,5-8H2,1-4H3. The van der Waals surface area contributed by atoms with Gasteiger partial charge in [-0.2, -0.15) is 5.10 Å². The van der Waals surface area contributed by atoms with Gasteiger partial charge in [-0.15, -0.1) is 0 Å². The average molecular weight is 223 g/mol. The fraction of sp³-hybridized carbons (Fsp3) is 0.727. The van der Waals surface area contributed by atoms with Gasteiger partial charge in [0.25, 0.3) is 0 Å². The van der Waals surface area contributed by atoms with Crippen LogP contribution in [0.3, 0.4) is 0 Å². The highest BCUT2D eigenvalue weighted by Gasteiger charge is 2.27. The largest absolute Gasteiger partial charge is 0.316 e. The fourth-order valence-electron chi connectivity index (χ4n) is 2.33. The van der Waals surface area contributed by atoms with Crippen LogP contribution < -0.4 is 10.6 Å². The molecule has 0 amide bonds. The Morgan fingerprint density at radius 1 is 1.20 bits per heavy atom. The van der Waals surface area contributed by atoms with Gasteiger partial charge in [-0.1, -0.05) is 19.6 Å². The van der Waals surface area contributed by atoms with Crippen molar-refractivity contribution in [2.75, 3.05) is 13.1 Å². The van der Waals surface area contributed by atoms with Gasteiger partial charge in [-0.25, -0.2) is 0 Å². The van der Waals surface area contributed by atoms with Crippen molar-refractivity contribution >= 4 is 13.4 Å². The highest BCUT2D eigenvalue weighted by molar-refractivity contribution is 6.88.